The molecule has 35 heavy (non-hydrogen) atoms. The number of aromatic nitrogens is 2. The molecule has 1 heterocycles. The van der Waals surface area contributed by atoms with Crippen LogP contribution in [-0.4, -0.2) is 33.4 Å². The average Bonchev–Trinajstić information content (AvgIpc) is 3.21. The molecule has 0 radical (unpaired) electrons. The molecule has 0 atom stereocenters. The number of anilines is 1. The molecule has 1 amide bonds. The number of ether oxygens (including phenoxy) is 1. The van der Waals surface area contributed by atoms with Crippen molar-refractivity contribution >= 4 is 40.8 Å². The predicted molar refractivity (Wildman–Crippen MR) is 124 cm³/mol. The summed E-state index contributed by atoms with van der Waals surface area (Å²) in [5, 5.41) is 14.8. The summed E-state index contributed by atoms with van der Waals surface area (Å²) >= 11 is 11.8. The normalized spacial score (nSPS) is 11.1. The van der Waals surface area contributed by atoms with Crippen molar-refractivity contribution in [3.8, 4) is 5.75 Å². The van der Waals surface area contributed by atoms with Crippen LogP contribution in [0.15, 0.2) is 30.5 Å². The van der Waals surface area contributed by atoms with Crippen molar-refractivity contribution in [3.63, 3.8) is 0 Å². The number of hydrogen-bond donors (Lipinski definition) is 2. The molecule has 2 aromatic carbocycles. The molecule has 7 nitrogen and oxygen atoms in total. The number of carboxylic acid groups (broad SMARTS) is 1. The lowest BCUT2D eigenvalue weighted by molar-refractivity contribution is -0.136. The number of amides is 1. The molecule has 0 bridgehead atoms. The zero-order valence-corrected chi connectivity index (χ0v) is 20.1. The third-order valence-electron chi connectivity index (χ3n) is 4.94. The van der Waals surface area contributed by atoms with Crippen LogP contribution >= 0.6 is 23.2 Å². The second-order valence-electron chi connectivity index (χ2n) is 7.79. The van der Waals surface area contributed by atoms with E-state index in [1.807, 2.05) is 13.8 Å². The van der Waals surface area contributed by atoms with Crippen LogP contribution in [0.4, 0.5) is 18.9 Å². The number of carboxylic acids is 1. The number of carbonyl (C=O) groups is 2. The molecule has 0 fully saturated rings. The molecule has 3 aromatic rings. The van der Waals surface area contributed by atoms with Crippen LogP contribution in [0.25, 0.3) is 0 Å². The van der Waals surface area contributed by atoms with E-state index >= 15 is 0 Å². The van der Waals surface area contributed by atoms with E-state index in [2.05, 4.69) is 10.4 Å². The van der Waals surface area contributed by atoms with Gasteiger partial charge in [0.15, 0.2) is 17.4 Å². The molecular weight excluding hydrogens is 510 g/mol. The zero-order valence-electron chi connectivity index (χ0n) is 18.5. The number of hydrogen-bond acceptors (Lipinski definition) is 4. The molecule has 2 N–H and O–H groups in total. The highest BCUT2D eigenvalue weighted by atomic mass is 35.5. The van der Waals surface area contributed by atoms with Crippen LogP contribution in [0, 0.1) is 17.5 Å². The van der Waals surface area contributed by atoms with Crippen molar-refractivity contribution in [1.82, 2.24) is 9.78 Å². The number of rotatable bonds is 9. The quantitative estimate of drug-likeness (QED) is 0.347. The Bertz CT molecular complexity index is 1280. The molecule has 0 spiro atoms. The minimum atomic E-state index is -1.21. The predicted octanol–water partition coefficient (Wildman–Crippen LogP) is 5.69. The first-order chi connectivity index (χ1) is 16.5. The third-order valence-corrected chi connectivity index (χ3v) is 5.82. The Morgan fingerprint density at radius 3 is 2.51 bits per heavy atom. The minimum absolute atomic E-state index is 0.0228. The molecule has 0 aliphatic carbocycles. The van der Waals surface area contributed by atoms with Gasteiger partial charge in [-0.3, -0.25) is 14.3 Å². The topological polar surface area (TPSA) is 93.5 Å². The number of carbonyl (C=O) groups excluding carboxylic acids is 1. The fraction of sp³-hybridized carbons (Fsp3) is 0.261. The Morgan fingerprint density at radius 1 is 1.17 bits per heavy atom. The largest absolute Gasteiger partial charge is 0.489 e. The lowest BCUT2D eigenvalue weighted by atomic mass is 10.0. The van der Waals surface area contributed by atoms with Crippen LogP contribution in [-0.2, 0) is 17.8 Å². The summed E-state index contributed by atoms with van der Waals surface area (Å²) in [5.74, 6) is -4.82. The van der Waals surface area contributed by atoms with Gasteiger partial charge in [0.25, 0.3) is 5.91 Å². The number of benzene rings is 2. The summed E-state index contributed by atoms with van der Waals surface area (Å²) in [6, 6.07) is 4.05. The molecule has 0 unspecified atom stereocenters. The lowest BCUT2D eigenvalue weighted by Gasteiger charge is -2.15. The first-order valence-electron chi connectivity index (χ1n) is 10.3. The summed E-state index contributed by atoms with van der Waals surface area (Å²) in [6.07, 6.45) is 0.766. The fourth-order valence-corrected chi connectivity index (χ4v) is 3.85. The average molecular weight is 530 g/mol. The molecule has 186 valence electrons. The third kappa shape index (κ3) is 6.07. The highest BCUT2D eigenvalue weighted by Crippen LogP contribution is 2.34. The van der Waals surface area contributed by atoms with Gasteiger partial charge < -0.3 is 15.2 Å². The van der Waals surface area contributed by atoms with Crippen LogP contribution < -0.4 is 10.1 Å². The summed E-state index contributed by atoms with van der Waals surface area (Å²) in [7, 11) is 0. The van der Waals surface area contributed by atoms with Gasteiger partial charge in [-0.1, -0.05) is 37.0 Å². The molecule has 0 saturated heterocycles. The molecule has 0 saturated carbocycles. The van der Waals surface area contributed by atoms with Gasteiger partial charge in [-0.15, -0.1) is 0 Å². The maximum absolute atomic E-state index is 14.6. The molecular formula is C23H20Cl2F3N3O4. The van der Waals surface area contributed by atoms with Crippen molar-refractivity contribution in [3.05, 3.63) is 74.8 Å². The second-order valence-corrected chi connectivity index (χ2v) is 8.55. The summed E-state index contributed by atoms with van der Waals surface area (Å²) in [6.45, 7) is 3.75. The van der Waals surface area contributed by atoms with E-state index < -0.39 is 40.8 Å². The van der Waals surface area contributed by atoms with Gasteiger partial charge >= 0.3 is 5.97 Å². The molecule has 0 aliphatic heterocycles. The van der Waals surface area contributed by atoms with Crippen molar-refractivity contribution in [2.45, 2.75) is 32.7 Å². The maximum atomic E-state index is 14.6. The summed E-state index contributed by atoms with van der Waals surface area (Å²) in [5.41, 5.74) is 0.333. The van der Waals surface area contributed by atoms with Crippen LogP contribution in [0.5, 0.6) is 5.75 Å². The molecule has 3 rings (SSSR count). The van der Waals surface area contributed by atoms with E-state index in [0.717, 1.165) is 12.1 Å². The summed E-state index contributed by atoms with van der Waals surface area (Å²) < 4.78 is 48.3. The van der Waals surface area contributed by atoms with Crippen LogP contribution in [0.2, 0.25) is 10.0 Å². The van der Waals surface area contributed by atoms with Crippen LogP contribution in [0.3, 0.4) is 0 Å². The van der Waals surface area contributed by atoms with Gasteiger partial charge in [-0.25, -0.2) is 13.2 Å². The monoisotopic (exact) mass is 529 g/mol. The van der Waals surface area contributed by atoms with Gasteiger partial charge in [0.1, 0.15) is 12.4 Å². The number of aliphatic carboxylic acids is 1. The number of halogens is 5. The van der Waals surface area contributed by atoms with Crippen LogP contribution in [0.1, 0.15) is 41.4 Å². The van der Waals surface area contributed by atoms with Crippen molar-refractivity contribution < 1.29 is 32.6 Å². The first kappa shape index (κ1) is 26.4. The Morgan fingerprint density at radius 2 is 1.89 bits per heavy atom. The van der Waals surface area contributed by atoms with Gasteiger partial charge in [-0.2, -0.15) is 5.10 Å². The lowest BCUT2D eigenvalue weighted by Crippen LogP contribution is -2.18. The van der Waals surface area contributed by atoms with Crippen molar-refractivity contribution in [1.29, 1.82) is 0 Å². The van der Waals surface area contributed by atoms with E-state index in [1.54, 1.807) is 0 Å². The minimum Gasteiger partial charge on any atom is -0.489 e. The van der Waals surface area contributed by atoms with Gasteiger partial charge in [0.05, 0.1) is 46.2 Å². The zero-order chi connectivity index (χ0) is 25.9. The first-order valence-corrected chi connectivity index (χ1v) is 11.1. The van der Waals surface area contributed by atoms with E-state index in [4.69, 9.17) is 33.0 Å². The fourth-order valence-electron chi connectivity index (χ4n) is 3.42. The smallest absolute Gasteiger partial charge is 0.307 e. The molecule has 1 aromatic heterocycles. The standard InChI is InChI=1S/C23H20Cl2F3N3O4/c1-11(2)22-14(10-29-31(22)5-6-35-17-4-3-13(26)9-15(17)27)23(34)30-16-7-12(8-18(32)33)19(24)20(25)21(16)28/h3-4,7,9-11H,5-6,8H2,1-2H3,(H,30,34)(H,32,33). The number of nitrogens with zero attached hydrogens (tertiary/aromatic N) is 2. The van der Waals surface area contributed by atoms with E-state index in [9.17, 15) is 22.8 Å². The molecule has 0 aliphatic rings. The highest BCUT2D eigenvalue weighted by Gasteiger charge is 2.23. The van der Waals surface area contributed by atoms with E-state index in [0.29, 0.717) is 11.8 Å². The van der Waals surface area contributed by atoms with Gasteiger partial charge in [0.2, 0.25) is 0 Å². The van der Waals surface area contributed by atoms with Crippen molar-refractivity contribution in [2.75, 3.05) is 11.9 Å². The summed E-state index contributed by atoms with van der Waals surface area (Å²) in [4.78, 5) is 24.0. The van der Waals surface area contributed by atoms with Gasteiger partial charge in [0, 0.05) is 6.07 Å². The van der Waals surface area contributed by atoms with Crippen molar-refractivity contribution in [2.24, 2.45) is 0 Å². The van der Waals surface area contributed by atoms with E-state index in [-0.39, 0.29) is 46.7 Å². The Hall–Kier alpha value is -3.24. The van der Waals surface area contributed by atoms with E-state index in [1.165, 1.54) is 16.9 Å². The SMILES string of the molecule is CC(C)c1c(C(=O)Nc2cc(CC(=O)O)c(Cl)c(Cl)c2F)cnn1CCOc1ccc(F)cc1F. The Kier molecular flexibility index (Phi) is 8.29. The second kappa shape index (κ2) is 11.0. The highest BCUT2D eigenvalue weighted by molar-refractivity contribution is 6.43. The molecule has 12 heteroatoms. The number of nitrogens with one attached hydrogen (secondary N) is 1. The van der Waals surface area contributed by atoms with Gasteiger partial charge in [-0.05, 0) is 29.7 Å². The Labute approximate surface area is 208 Å². The maximum Gasteiger partial charge on any atom is 0.307 e. The Balaban J connectivity index is 1.81.